The van der Waals surface area contributed by atoms with Gasteiger partial charge < -0.3 is 10.2 Å². The van der Waals surface area contributed by atoms with Gasteiger partial charge in [0.05, 0.1) is 6.54 Å². The van der Waals surface area contributed by atoms with E-state index in [2.05, 4.69) is 40.6 Å². The minimum Gasteiger partial charge on any atom is -0.350 e. The molecular formula is C22H28N4O3S. The van der Waals surface area contributed by atoms with Gasteiger partial charge in [0.25, 0.3) is 10.0 Å². The number of amides is 1. The summed E-state index contributed by atoms with van der Waals surface area (Å²) in [5.74, 6) is 0.0932. The van der Waals surface area contributed by atoms with Crippen LogP contribution in [0.4, 0.5) is 0 Å². The number of benzene rings is 2. The van der Waals surface area contributed by atoms with E-state index >= 15 is 0 Å². The van der Waals surface area contributed by atoms with Gasteiger partial charge in [-0.05, 0) is 36.3 Å². The standard InChI is InChI=1S/C22H28N4O3S/c1-4-26(5-2)15-18-12-10-17(11-13-18)14-23-21(27)16-25(3)22-19-8-6-7-9-20(19)30(28,29)24-22/h6-13H,4-5,14-16H2,1-3H3,(H,23,27). The van der Waals surface area contributed by atoms with Crippen LogP contribution in [0.2, 0.25) is 0 Å². The summed E-state index contributed by atoms with van der Waals surface area (Å²) < 4.78 is 28.2. The maximum atomic E-state index is 12.4. The minimum atomic E-state index is -3.70. The molecule has 0 spiro atoms. The number of nitrogens with zero attached hydrogens (tertiary/aromatic N) is 3. The van der Waals surface area contributed by atoms with Crippen LogP contribution in [-0.2, 0) is 27.9 Å². The van der Waals surface area contributed by atoms with Gasteiger partial charge in [0, 0.05) is 25.7 Å². The van der Waals surface area contributed by atoms with E-state index in [4.69, 9.17) is 0 Å². The highest BCUT2D eigenvalue weighted by atomic mass is 32.2. The van der Waals surface area contributed by atoms with Gasteiger partial charge in [0.2, 0.25) is 5.91 Å². The number of likely N-dealkylation sites (N-methyl/N-ethyl adjacent to an activating group) is 1. The molecule has 1 N–H and O–H groups in total. The molecule has 30 heavy (non-hydrogen) atoms. The number of sulfonamides is 1. The molecule has 7 nitrogen and oxygen atoms in total. The summed E-state index contributed by atoms with van der Waals surface area (Å²) in [5.41, 5.74) is 2.78. The first kappa shape index (κ1) is 22.0. The molecule has 2 aromatic carbocycles. The van der Waals surface area contributed by atoms with Crippen LogP contribution in [0.3, 0.4) is 0 Å². The maximum Gasteiger partial charge on any atom is 0.285 e. The maximum absolute atomic E-state index is 12.4. The van der Waals surface area contributed by atoms with Gasteiger partial charge in [0.1, 0.15) is 4.90 Å². The zero-order valence-corrected chi connectivity index (χ0v) is 18.4. The number of hydrogen-bond acceptors (Lipinski definition) is 5. The molecule has 0 saturated carbocycles. The SMILES string of the molecule is CCN(CC)Cc1ccc(CNC(=O)CN(C)C2=NS(=O)(=O)c3ccccc32)cc1. The zero-order chi connectivity index (χ0) is 21.7. The van der Waals surface area contributed by atoms with Crippen molar-refractivity contribution in [3.8, 4) is 0 Å². The fourth-order valence-electron chi connectivity index (χ4n) is 3.38. The molecule has 0 unspecified atom stereocenters. The van der Waals surface area contributed by atoms with E-state index < -0.39 is 10.0 Å². The average Bonchev–Trinajstić information content (AvgIpc) is 3.02. The second-order valence-corrected chi connectivity index (χ2v) is 8.87. The van der Waals surface area contributed by atoms with E-state index in [-0.39, 0.29) is 17.3 Å². The van der Waals surface area contributed by atoms with Crippen molar-refractivity contribution in [3.63, 3.8) is 0 Å². The van der Waals surface area contributed by atoms with Crippen molar-refractivity contribution in [1.82, 2.24) is 15.1 Å². The summed E-state index contributed by atoms with van der Waals surface area (Å²) in [6, 6.07) is 14.9. The van der Waals surface area contributed by atoms with Crippen LogP contribution in [-0.4, -0.2) is 56.6 Å². The van der Waals surface area contributed by atoms with Crippen LogP contribution in [0.15, 0.2) is 57.8 Å². The van der Waals surface area contributed by atoms with Crippen molar-refractivity contribution in [3.05, 3.63) is 65.2 Å². The second-order valence-electron chi connectivity index (χ2n) is 7.30. The molecule has 0 fully saturated rings. The Morgan fingerprint density at radius 3 is 2.30 bits per heavy atom. The molecule has 1 amide bonds. The highest BCUT2D eigenvalue weighted by molar-refractivity contribution is 7.90. The molecule has 1 heterocycles. The summed E-state index contributed by atoms with van der Waals surface area (Å²) in [4.78, 5) is 16.5. The third kappa shape index (κ3) is 5.06. The molecule has 8 heteroatoms. The quantitative estimate of drug-likeness (QED) is 0.697. The van der Waals surface area contributed by atoms with Gasteiger partial charge in [-0.15, -0.1) is 4.40 Å². The Morgan fingerprint density at radius 1 is 1.00 bits per heavy atom. The number of fused-ring (bicyclic) bond motifs is 1. The smallest absolute Gasteiger partial charge is 0.285 e. The largest absolute Gasteiger partial charge is 0.350 e. The molecular weight excluding hydrogens is 400 g/mol. The lowest BCUT2D eigenvalue weighted by Gasteiger charge is -2.19. The summed E-state index contributed by atoms with van der Waals surface area (Å²) in [5, 5.41) is 2.89. The third-order valence-corrected chi connectivity index (χ3v) is 6.49. The molecule has 0 aromatic heterocycles. The van der Waals surface area contributed by atoms with Crippen molar-refractivity contribution >= 4 is 21.8 Å². The average molecular weight is 429 g/mol. The Bertz CT molecular complexity index is 1030. The normalized spacial score (nSPS) is 14.3. The second kappa shape index (κ2) is 9.40. The molecule has 1 aliphatic heterocycles. The van der Waals surface area contributed by atoms with Crippen LogP contribution < -0.4 is 5.32 Å². The highest BCUT2D eigenvalue weighted by Gasteiger charge is 2.30. The van der Waals surface area contributed by atoms with Crippen molar-refractivity contribution in [1.29, 1.82) is 0 Å². The van der Waals surface area contributed by atoms with E-state index in [1.807, 2.05) is 12.1 Å². The molecule has 2 aromatic rings. The predicted octanol–water partition coefficient (Wildman–Crippen LogP) is 2.23. The third-order valence-electron chi connectivity index (χ3n) is 5.17. The minimum absolute atomic E-state index is 0.0166. The van der Waals surface area contributed by atoms with Gasteiger partial charge in [-0.2, -0.15) is 8.42 Å². The lowest BCUT2D eigenvalue weighted by molar-refractivity contribution is -0.121. The molecule has 0 atom stereocenters. The molecule has 0 bridgehead atoms. The van der Waals surface area contributed by atoms with Crippen molar-refractivity contribution < 1.29 is 13.2 Å². The van der Waals surface area contributed by atoms with E-state index in [1.54, 1.807) is 30.1 Å². The lowest BCUT2D eigenvalue weighted by Crippen LogP contribution is -2.38. The van der Waals surface area contributed by atoms with Crippen LogP contribution in [0.1, 0.15) is 30.5 Å². The van der Waals surface area contributed by atoms with E-state index in [9.17, 15) is 13.2 Å². The first-order valence-electron chi connectivity index (χ1n) is 10.1. The molecule has 0 radical (unpaired) electrons. The van der Waals surface area contributed by atoms with E-state index in [0.717, 1.165) is 25.2 Å². The predicted molar refractivity (Wildman–Crippen MR) is 118 cm³/mol. The van der Waals surface area contributed by atoms with Crippen LogP contribution in [0.5, 0.6) is 0 Å². The fourth-order valence-corrected chi connectivity index (χ4v) is 4.63. The van der Waals surface area contributed by atoms with Crippen molar-refractivity contribution in [2.75, 3.05) is 26.7 Å². The van der Waals surface area contributed by atoms with Gasteiger partial charge in [0.15, 0.2) is 5.84 Å². The molecule has 0 saturated heterocycles. The van der Waals surface area contributed by atoms with Gasteiger partial charge in [-0.1, -0.05) is 50.2 Å². The summed E-state index contributed by atoms with van der Waals surface area (Å²) in [6.45, 7) is 7.67. The Balaban J connectivity index is 1.55. The summed E-state index contributed by atoms with van der Waals surface area (Å²) in [6.07, 6.45) is 0. The Labute approximate surface area is 178 Å². The molecule has 0 aliphatic carbocycles. The van der Waals surface area contributed by atoms with Crippen LogP contribution in [0, 0.1) is 0 Å². The first-order valence-corrected chi connectivity index (χ1v) is 11.5. The summed E-state index contributed by atoms with van der Waals surface area (Å²) >= 11 is 0. The lowest BCUT2D eigenvalue weighted by atomic mass is 10.1. The Hall–Kier alpha value is -2.71. The monoisotopic (exact) mass is 428 g/mol. The Kier molecular flexibility index (Phi) is 6.89. The number of carbonyl (C=O) groups excluding carboxylic acids is 1. The van der Waals surface area contributed by atoms with Gasteiger partial charge in [-0.25, -0.2) is 0 Å². The topological polar surface area (TPSA) is 82.1 Å². The van der Waals surface area contributed by atoms with Gasteiger partial charge >= 0.3 is 0 Å². The van der Waals surface area contributed by atoms with E-state index in [1.165, 1.54) is 11.6 Å². The molecule has 160 valence electrons. The van der Waals surface area contributed by atoms with Crippen LogP contribution >= 0.6 is 0 Å². The molecule has 1 aliphatic rings. The zero-order valence-electron chi connectivity index (χ0n) is 17.6. The van der Waals surface area contributed by atoms with Crippen molar-refractivity contribution in [2.45, 2.75) is 31.8 Å². The number of rotatable bonds is 8. The summed E-state index contributed by atoms with van der Waals surface area (Å²) in [7, 11) is -2.03. The number of hydrogen-bond donors (Lipinski definition) is 1. The van der Waals surface area contributed by atoms with Crippen LogP contribution in [0.25, 0.3) is 0 Å². The number of carbonyl (C=O) groups is 1. The number of nitrogens with one attached hydrogen (secondary N) is 1. The molecule has 3 rings (SSSR count). The number of amidine groups is 1. The fraction of sp³-hybridized carbons (Fsp3) is 0.364. The Morgan fingerprint density at radius 2 is 1.63 bits per heavy atom. The van der Waals surface area contributed by atoms with Crippen molar-refractivity contribution in [2.24, 2.45) is 4.40 Å². The van der Waals surface area contributed by atoms with Gasteiger partial charge in [-0.3, -0.25) is 9.69 Å². The highest BCUT2D eigenvalue weighted by Crippen LogP contribution is 2.26. The van der Waals surface area contributed by atoms with E-state index in [0.29, 0.717) is 17.9 Å². The first-order chi connectivity index (χ1) is 14.3.